The fourth-order valence-electron chi connectivity index (χ4n) is 3.14. The number of carboxylic acids is 1. The minimum Gasteiger partial charge on any atom is -0.480 e. The second-order valence-electron chi connectivity index (χ2n) is 5.29. The van der Waals surface area contributed by atoms with E-state index in [2.05, 4.69) is 4.90 Å². The van der Waals surface area contributed by atoms with Gasteiger partial charge in [-0.3, -0.25) is 9.69 Å². The van der Waals surface area contributed by atoms with Gasteiger partial charge in [-0.15, -0.1) is 0 Å². The molecule has 2 rings (SSSR count). The van der Waals surface area contributed by atoms with Crippen LogP contribution in [0.2, 0.25) is 0 Å². The Kier molecular flexibility index (Phi) is 4.05. The first-order valence-corrected chi connectivity index (χ1v) is 6.78. The number of carbonyl (C=O) groups is 1. The van der Waals surface area contributed by atoms with Gasteiger partial charge in [0.2, 0.25) is 0 Å². The molecule has 1 spiro atoms. The van der Waals surface area contributed by atoms with Crippen LogP contribution in [0.15, 0.2) is 0 Å². The Morgan fingerprint density at radius 2 is 2.06 bits per heavy atom. The molecule has 0 bridgehead atoms. The second-order valence-corrected chi connectivity index (χ2v) is 5.29. The normalized spacial score (nSPS) is 26.9. The molecule has 2 aliphatic rings. The summed E-state index contributed by atoms with van der Waals surface area (Å²) in [5.74, 6) is -0.687. The third-order valence-corrected chi connectivity index (χ3v) is 4.26. The van der Waals surface area contributed by atoms with Crippen LogP contribution in [0.4, 0.5) is 0 Å². The predicted octanol–water partition coefficient (Wildman–Crippen LogP) is 1.88. The number of rotatable bonds is 3. The molecular weight excluding hydrogens is 218 g/mol. The van der Waals surface area contributed by atoms with E-state index in [0.29, 0.717) is 6.42 Å². The van der Waals surface area contributed by atoms with Crippen molar-refractivity contribution in [2.45, 2.75) is 57.1 Å². The van der Waals surface area contributed by atoms with Crippen LogP contribution < -0.4 is 0 Å². The fourth-order valence-corrected chi connectivity index (χ4v) is 3.14. The fraction of sp³-hybridized carbons (Fsp3) is 0.923. The lowest BCUT2D eigenvalue weighted by molar-refractivity contribution is -0.149. The molecule has 2 saturated heterocycles. The number of hydrogen-bond donors (Lipinski definition) is 1. The quantitative estimate of drug-likeness (QED) is 0.819. The molecular formula is C13H23NO3. The zero-order valence-corrected chi connectivity index (χ0v) is 10.7. The van der Waals surface area contributed by atoms with Crippen LogP contribution >= 0.6 is 0 Å². The average Bonchev–Trinajstić information content (AvgIpc) is 2.33. The number of hydrogen-bond acceptors (Lipinski definition) is 3. The van der Waals surface area contributed by atoms with Crippen LogP contribution in [0.25, 0.3) is 0 Å². The number of nitrogens with zero attached hydrogens (tertiary/aromatic N) is 1. The molecule has 1 N–H and O–H groups in total. The van der Waals surface area contributed by atoms with Crippen molar-refractivity contribution in [1.82, 2.24) is 4.90 Å². The first kappa shape index (κ1) is 12.8. The maximum atomic E-state index is 11.1. The molecule has 0 radical (unpaired) electrons. The standard InChI is InChI=1S/C13H23NO3/c1-2-11(12(15)16)14-8-6-13(7-9-14)5-3-4-10-17-13/h11H,2-10H2,1H3,(H,15,16)/t11-/m0/s1. The van der Waals surface area contributed by atoms with Crippen LogP contribution in [0, 0.1) is 0 Å². The summed E-state index contributed by atoms with van der Waals surface area (Å²) in [7, 11) is 0. The molecule has 98 valence electrons. The summed E-state index contributed by atoms with van der Waals surface area (Å²) in [5.41, 5.74) is 0.0749. The van der Waals surface area contributed by atoms with Crippen molar-refractivity contribution in [2.24, 2.45) is 0 Å². The van der Waals surface area contributed by atoms with Crippen molar-refractivity contribution >= 4 is 5.97 Å². The summed E-state index contributed by atoms with van der Waals surface area (Å²) in [6.07, 6.45) is 6.27. The molecule has 1 atom stereocenters. The molecule has 0 aromatic heterocycles. The highest BCUT2D eigenvalue weighted by Gasteiger charge is 2.39. The van der Waals surface area contributed by atoms with Crippen LogP contribution in [0.1, 0.15) is 45.4 Å². The summed E-state index contributed by atoms with van der Waals surface area (Å²) < 4.78 is 5.95. The van der Waals surface area contributed by atoms with Gasteiger partial charge in [0.05, 0.1) is 5.60 Å². The van der Waals surface area contributed by atoms with Crippen molar-refractivity contribution in [3.05, 3.63) is 0 Å². The molecule has 0 amide bonds. The van der Waals surface area contributed by atoms with Crippen molar-refractivity contribution < 1.29 is 14.6 Å². The molecule has 0 aliphatic carbocycles. The number of ether oxygens (including phenoxy) is 1. The topological polar surface area (TPSA) is 49.8 Å². The molecule has 2 fully saturated rings. The lowest BCUT2D eigenvalue weighted by atomic mass is 9.84. The first-order valence-electron chi connectivity index (χ1n) is 6.78. The van der Waals surface area contributed by atoms with Gasteiger partial charge in [0.1, 0.15) is 6.04 Å². The Bertz CT molecular complexity index is 264. The largest absolute Gasteiger partial charge is 0.480 e. The molecule has 4 heteroatoms. The van der Waals surface area contributed by atoms with E-state index < -0.39 is 5.97 Å². The third kappa shape index (κ3) is 2.80. The monoisotopic (exact) mass is 241 g/mol. The highest BCUT2D eigenvalue weighted by molar-refractivity contribution is 5.73. The van der Waals surface area contributed by atoms with Crippen molar-refractivity contribution in [1.29, 1.82) is 0 Å². The molecule has 4 nitrogen and oxygen atoms in total. The number of aliphatic carboxylic acids is 1. The van der Waals surface area contributed by atoms with E-state index in [4.69, 9.17) is 9.84 Å². The Labute approximate surface area is 103 Å². The van der Waals surface area contributed by atoms with E-state index in [-0.39, 0.29) is 11.6 Å². The Morgan fingerprint density at radius 3 is 2.53 bits per heavy atom. The Balaban J connectivity index is 1.90. The lowest BCUT2D eigenvalue weighted by Crippen LogP contribution is -2.52. The highest BCUT2D eigenvalue weighted by atomic mass is 16.5. The molecule has 2 aliphatic heterocycles. The maximum Gasteiger partial charge on any atom is 0.320 e. The summed E-state index contributed by atoms with van der Waals surface area (Å²) in [4.78, 5) is 13.2. The van der Waals surface area contributed by atoms with Crippen LogP contribution in [-0.2, 0) is 9.53 Å². The minimum atomic E-state index is -0.687. The third-order valence-electron chi connectivity index (χ3n) is 4.26. The van der Waals surface area contributed by atoms with Gasteiger partial charge in [-0.2, -0.15) is 0 Å². The van der Waals surface area contributed by atoms with Crippen LogP contribution in [0.5, 0.6) is 0 Å². The highest BCUT2D eigenvalue weighted by Crippen LogP contribution is 2.35. The molecule has 0 aromatic rings. The van der Waals surface area contributed by atoms with E-state index in [9.17, 15) is 4.79 Å². The van der Waals surface area contributed by atoms with Crippen LogP contribution in [-0.4, -0.2) is 47.3 Å². The van der Waals surface area contributed by atoms with Crippen molar-refractivity contribution in [3.63, 3.8) is 0 Å². The lowest BCUT2D eigenvalue weighted by Gasteiger charge is -2.45. The van der Waals surface area contributed by atoms with Gasteiger partial charge in [-0.05, 0) is 38.5 Å². The molecule has 17 heavy (non-hydrogen) atoms. The van der Waals surface area contributed by atoms with Gasteiger partial charge in [0.15, 0.2) is 0 Å². The number of carboxylic acid groups (broad SMARTS) is 1. The zero-order chi connectivity index (χ0) is 12.3. The van der Waals surface area contributed by atoms with E-state index in [1.807, 2.05) is 6.92 Å². The Morgan fingerprint density at radius 1 is 1.35 bits per heavy atom. The maximum absolute atomic E-state index is 11.1. The molecule has 2 heterocycles. The predicted molar refractivity (Wildman–Crippen MR) is 65.1 cm³/mol. The molecule has 0 unspecified atom stereocenters. The molecule has 0 aromatic carbocycles. The van der Waals surface area contributed by atoms with E-state index in [1.54, 1.807) is 0 Å². The SMILES string of the molecule is CC[C@@H](C(=O)O)N1CCC2(CCCCO2)CC1. The zero-order valence-electron chi connectivity index (χ0n) is 10.7. The van der Waals surface area contributed by atoms with Crippen LogP contribution in [0.3, 0.4) is 0 Å². The van der Waals surface area contributed by atoms with Crippen molar-refractivity contribution in [3.8, 4) is 0 Å². The van der Waals surface area contributed by atoms with Gasteiger partial charge in [0, 0.05) is 19.7 Å². The van der Waals surface area contributed by atoms with Gasteiger partial charge < -0.3 is 9.84 Å². The number of piperidine rings is 1. The minimum absolute atomic E-state index is 0.0749. The van der Waals surface area contributed by atoms with Gasteiger partial charge >= 0.3 is 5.97 Å². The van der Waals surface area contributed by atoms with E-state index >= 15 is 0 Å². The first-order chi connectivity index (χ1) is 8.17. The van der Waals surface area contributed by atoms with Gasteiger partial charge in [0.25, 0.3) is 0 Å². The van der Waals surface area contributed by atoms with Crippen molar-refractivity contribution in [2.75, 3.05) is 19.7 Å². The average molecular weight is 241 g/mol. The molecule has 0 saturated carbocycles. The van der Waals surface area contributed by atoms with Gasteiger partial charge in [-0.1, -0.05) is 6.92 Å². The summed E-state index contributed by atoms with van der Waals surface area (Å²) in [6, 6.07) is -0.309. The summed E-state index contributed by atoms with van der Waals surface area (Å²) in [5, 5.41) is 9.15. The Hall–Kier alpha value is -0.610. The summed E-state index contributed by atoms with van der Waals surface area (Å²) in [6.45, 7) is 4.56. The second kappa shape index (κ2) is 5.36. The summed E-state index contributed by atoms with van der Waals surface area (Å²) >= 11 is 0. The van der Waals surface area contributed by atoms with Gasteiger partial charge in [-0.25, -0.2) is 0 Å². The smallest absolute Gasteiger partial charge is 0.320 e. The van der Waals surface area contributed by atoms with E-state index in [1.165, 1.54) is 12.8 Å². The van der Waals surface area contributed by atoms with E-state index in [0.717, 1.165) is 39.0 Å². The number of likely N-dealkylation sites (tertiary alicyclic amines) is 1.